The van der Waals surface area contributed by atoms with Crippen LogP contribution in [0.1, 0.15) is 5.56 Å². The maximum Gasteiger partial charge on any atom is 0.171 e. The predicted molar refractivity (Wildman–Crippen MR) is 70.8 cm³/mol. The van der Waals surface area contributed by atoms with Crippen molar-refractivity contribution < 1.29 is 0 Å². The van der Waals surface area contributed by atoms with Gasteiger partial charge < -0.3 is 10.2 Å². The molecule has 0 radical (unpaired) electrons. The summed E-state index contributed by atoms with van der Waals surface area (Å²) in [5, 5.41) is 19.8. The van der Waals surface area contributed by atoms with E-state index >= 15 is 0 Å². The van der Waals surface area contributed by atoms with Crippen LogP contribution >= 0.6 is 0 Å². The molecule has 1 aromatic heterocycles. The highest BCUT2D eigenvalue weighted by molar-refractivity contribution is 5.66. The van der Waals surface area contributed by atoms with Crippen molar-refractivity contribution in [1.29, 1.82) is 5.26 Å². The molecule has 2 aromatic rings. The van der Waals surface area contributed by atoms with Crippen molar-refractivity contribution in [3.8, 4) is 6.07 Å². The van der Waals surface area contributed by atoms with Crippen LogP contribution in [0.25, 0.3) is 0 Å². The van der Waals surface area contributed by atoms with Gasteiger partial charge in [-0.2, -0.15) is 10.4 Å². The molecule has 0 saturated carbocycles. The molecule has 90 valence electrons. The van der Waals surface area contributed by atoms with Crippen molar-refractivity contribution in [1.82, 2.24) is 10.2 Å². The van der Waals surface area contributed by atoms with Crippen LogP contribution in [0.5, 0.6) is 0 Å². The molecule has 1 N–H and O–H groups in total. The standard InChI is InChI=1S/C13H13N5/c1-18(2)12-5-3-4-11(8-12)16-13-10(9-14)6-7-15-17-13/h3-8H,1-2H3,(H,16,17). The molecule has 2 rings (SSSR count). The van der Waals surface area contributed by atoms with E-state index in [1.165, 1.54) is 6.20 Å². The Morgan fingerprint density at radius 1 is 1.28 bits per heavy atom. The van der Waals surface area contributed by atoms with E-state index in [1.54, 1.807) is 6.07 Å². The van der Waals surface area contributed by atoms with E-state index in [0.29, 0.717) is 11.4 Å². The number of anilines is 3. The number of nitriles is 1. The molecule has 0 spiro atoms. The van der Waals surface area contributed by atoms with E-state index in [-0.39, 0.29) is 0 Å². The third-order valence-electron chi connectivity index (χ3n) is 2.47. The normalized spacial score (nSPS) is 9.61. The average Bonchev–Trinajstić information content (AvgIpc) is 2.39. The first-order chi connectivity index (χ1) is 8.70. The Morgan fingerprint density at radius 3 is 2.83 bits per heavy atom. The van der Waals surface area contributed by atoms with Gasteiger partial charge in [-0.3, -0.25) is 0 Å². The summed E-state index contributed by atoms with van der Waals surface area (Å²) in [6, 6.07) is 11.6. The molecular weight excluding hydrogens is 226 g/mol. The molecule has 0 amide bonds. The lowest BCUT2D eigenvalue weighted by Crippen LogP contribution is -2.08. The smallest absolute Gasteiger partial charge is 0.171 e. The Balaban J connectivity index is 2.29. The van der Waals surface area contributed by atoms with Gasteiger partial charge in [0.25, 0.3) is 0 Å². The SMILES string of the molecule is CN(C)c1cccc(Nc2nnccc2C#N)c1. The first-order valence-corrected chi connectivity index (χ1v) is 5.47. The maximum atomic E-state index is 8.97. The summed E-state index contributed by atoms with van der Waals surface area (Å²) in [5.74, 6) is 0.468. The summed E-state index contributed by atoms with van der Waals surface area (Å²) in [7, 11) is 3.95. The van der Waals surface area contributed by atoms with Crippen LogP contribution in [0.4, 0.5) is 17.2 Å². The number of hydrogen-bond acceptors (Lipinski definition) is 5. The Kier molecular flexibility index (Phi) is 3.39. The Labute approximate surface area is 106 Å². The number of aromatic nitrogens is 2. The van der Waals surface area contributed by atoms with Crippen LogP contribution in [0.3, 0.4) is 0 Å². The van der Waals surface area contributed by atoms with Crippen molar-refractivity contribution in [3.63, 3.8) is 0 Å². The molecule has 0 aliphatic heterocycles. The fourth-order valence-electron chi connectivity index (χ4n) is 1.51. The summed E-state index contributed by atoms with van der Waals surface area (Å²) in [6.45, 7) is 0. The summed E-state index contributed by atoms with van der Waals surface area (Å²) in [6.07, 6.45) is 1.50. The van der Waals surface area contributed by atoms with Crippen LogP contribution < -0.4 is 10.2 Å². The lowest BCUT2D eigenvalue weighted by Gasteiger charge is -2.14. The fourth-order valence-corrected chi connectivity index (χ4v) is 1.51. The molecule has 18 heavy (non-hydrogen) atoms. The summed E-state index contributed by atoms with van der Waals surface area (Å²) >= 11 is 0. The van der Waals surface area contributed by atoms with Crippen LogP contribution in [-0.2, 0) is 0 Å². The lowest BCUT2D eigenvalue weighted by atomic mass is 10.2. The highest BCUT2D eigenvalue weighted by Gasteiger charge is 2.04. The van der Waals surface area contributed by atoms with Gasteiger partial charge in [-0.25, -0.2) is 0 Å². The van der Waals surface area contributed by atoms with E-state index in [2.05, 4.69) is 21.6 Å². The number of nitrogens with zero attached hydrogens (tertiary/aromatic N) is 4. The highest BCUT2D eigenvalue weighted by atomic mass is 15.2. The van der Waals surface area contributed by atoms with E-state index in [1.807, 2.05) is 43.3 Å². The second kappa shape index (κ2) is 5.15. The zero-order chi connectivity index (χ0) is 13.0. The van der Waals surface area contributed by atoms with E-state index in [4.69, 9.17) is 5.26 Å². The van der Waals surface area contributed by atoms with Gasteiger partial charge in [-0.05, 0) is 24.3 Å². The van der Waals surface area contributed by atoms with E-state index < -0.39 is 0 Å². The minimum absolute atomic E-state index is 0.468. The zero-order valence-electron chi connectivity index (χ0n) is 10.3. The molecule has 0 unspecified atom stereocenters. The molecule has 1 heterocycles. The third-order valence-corrected chi connectivity index (χ3v) is 2.47. The van der Waals surface area contributed by atoms with E-state index in [0.717, 1.165) is 11.4 Å². The van der Waals surface area contributed by atoms with Crippen LogP contribution in [0.15, 0.2) is 36.5 Å². The van der Waals surface area contributed by atoms with Gasteiger partial charge in [0.05, 0.1) is 11.8 Å². The molecule has 0 aliphatic rings. The van der Waals surface area contributed by atoms with Crippen molar-refractivity contribution >= 4 is 17.2 Å². The highest BCUT2D eigenvalue weighted by Crippen LogP contribution is 2.21. The predicted octanol–water partition coefficient (Wildman–Crippen LogP) is 2.16. The van der Waals surface area contributed by atoms with Crippen molar-refractivity contribution in [2.75, 3.05) is 24.3 Å². The van der Waals surface area contributed by atoms with Gasteiger partial charge >= 0.3 is 0 Å². The van der Waals surface area contributed by atoms with Gasteiger partial charge in [0.2, 0.25) is 0 Å². The molecule has 0 saturated heterocycles. The summed E-state index contributed by atoms with van der Waals surface area (Å²) in [5.41, 5.74) is 2.42. The Bertz CT molecular complexity index is 586. The molecule has 1 aromatic carbocycles. The van der Waals surface area contributed by atoms with Gasteiger partial charge in [-0.15, -0.1) is 5.10 Å². The topological polar surface area (TPSA) is 64.8 Å². The quantitative estimate of drug-likeness (QED) is 0.889. The molecule has 5 heteroatoms. The van der Waals surface area contributed by atoms with Crippen LogP contribution in [0.2, 0.25) is 0 Å². The zero-order valence-corrected chi connectivity index (χ0v) is 10.3. The number of nitrogens with one attached hydrogen (secondary N) is 1. The van der Waals surface area contributed by atoms with Crippen molar-refractivity contribution in [2.45, 2.75) is 0 Å². The maximum absolute atomic E-state index is 8.97. The molecule has 0 fully saturated rings. The number of rotatable bonds is 3. The Morgan fingerprint density at radius 2 is 2.11 bits per heavy atom. The fraction of sp³-hybridized carbons (Fsp3) is 0.154. The minimum atomic E-state index is 0.468. The number of benzene rings is 1. The number of hydrogen-bond donors (Lipinski definition) is 1. The molecule has 0 bridgehead atoms. The van der Waals surface area contributed by atoms with Gasteiger partial charge in [0, 0.05) is 25.5 Å². The first kappa shape index (κ1) is 11.9. The van der Waals surface area contributed by atoms with E-state index in [9.17, 15) is 0 Å². The van der Waals surface area contributed by atoms with Crippen molar-refractivity contribution in [2.24, 2.45) is 0 Å². The lowest BCUT2D eigenvalue weighted by molar-refractivity contribution is 1.03. The molecule has 0 aliphatic carbocycles. The Hall–Kier alpha value is -2.61. The second-order valence-corrected chi connectivity index (χ2v) is 3.98. The van der Waals surface area contributed by atoms with Crippen molar-refractivity contribution in [3.05, 3.63) is 42.1 Å². The molecule has 5 nitrogen and oxygen atoms in total. The van der Waals surface area contributed by atoms with Gasteiger partial charge in [0.15, 0.2) is 5.82 Å². The summed E-state index contributed by atoms with van der Waals surface area (Å²) < 4.78 is 0. The van der Waals surface area contributed by atoms with Crippen LogP contribution in [-0.4, -0.2) is 24.3 Å². The van der Waals surface area contributed by atoms with Gasteiger partial charge in [0.1, 0.15) is 6.07 Å². The second-order valence-electron chi connectivity index (χ2n) is 3.98. The molecular formula is C13H13N5. The average molecular weight is 239 g/mol. The third kappa shape index (κ3) is 2.55. The summed E-state index contributed by atoms with van der Waals surface area (Å²) in [4.78, 5) is 2.01. The largest absolute Gasteiger partial charge is 0.378 e. The van der Waals surface area contributed by atoms with Gasteiger partial charge in [-0.1, -0.05) is 6.07 Å². The monoisotopic (exact) mass is 239 g/mol. The minimum Gasteiger partial charge on any atom is -0.378 e. The molecule has 0 atom stereocenters. The first-order valence-electron chi connectivity index (χ1n) is 5.47. The van der Waals surface area contributed by atoms with Crippen LogP contribution in [0, 0.1) is 11.3 Å².